The third-order valence-corrected chi connectivity index (χ3v) is 3.47. The average Bonchev–Trinajstić information content (AvgIpc) is 2.58. The van der Waals surface area contributed by atoms with Crippen LogP contribution < -0.4 is 10.7 Å². The Kier molecular flexibility index (Phi) is 5.93. The van der Waals surface area contributed by atoms with Crippen LogP contribution in [0.15, 0.2) is 0 Å². The van der Waals surface area contributed by atoms with E-state index in [1.165, 1.54) is 19.3 Å². The van der Waals surface area contributed by atoms with Gasteiger partial charge in [0.1, 0.15) is 5.66 Å². The molecule has 0 bridgehead atoms. The summed E-state index contributed by atoms with van der Waals surface area (Å²) in [5.41, 5.74) is 3.07. The largest absolute Gasteiger partial charge is 0.333 e. The number of urea groups is 1. The van der Waals surface area contributed by atoms with Crippen LogP contribution in [-0.4, -0.2) is 23.2 Å². The third kappa shape index (κ3) is 4.84. The van der Waals surface area contributed by atoms with Crippen molar-refractivity contribution in [1.82, 2.24) is 15.8 Å². The zero-order valence-corrected chi connectivity index (χ0v) is 12.4. The topological polar surface area (TPSA) is 44.4 Å². The molecule has 1 aliphatic rings. The second-order valence-electron chi connectivity index (χ2n) is 6.02. The second kappa shape index (κ2) is 6.98. The molecule has 4 heteroatoms. The Morgan fingerprint density at radius 2 is 2.00 bits per heavy atom. The molecular formula is C14H29N3O. The van der Waals surface area contributed by atoms with Gasteiger partial charge < -0.3 is 5.32 Å². The number of hydrogen-bond acceptors (Lipinski definition) is 2. The van der Waals surface area contributed by atoms with Gasteiger partial charge in [0, 0.05) is 6.54 Å². The molecule has 2 N–H and O–H groups in total. The van der Waals surface area contributed by atoms with E-state index in [0.717, 1.165) is 25.8 Å². The van der Waals surface area contributed by atoms with Gasteiger partial charge in [0.05, 0.1) is 0 Å². The Morgan fingerprint density at radius 1 is 1.28 bits per heavy atom. The molecular weight excluding hydrogens is 226 g/mol. The second-order valence-corrected chi connectivity index (χ2v) is 6.02. The number of unbranched alkanes of at least 4 members (excludes halogenated alkanes) is 3. The van der Waals surface area contributed by atoms with Gasteiger partial charge >= 0.3 is 6.03 Å². The molecule has 106 valence electrons. The minimum absolute atomic E-state index is 0.0219. The van der Waals surface area contributed by atoms with Crippen LogP contribution in [0.3, 0.4) is 0 Å². The number of rotatable bonds is 8. The molecule has 1 unspecified atom stereocenters. The summed E-state index contributed by atoms with van der Waals surface area (Å²) in [6.45, 7) is 9.43. The molecule has 18 heavy (non-hydrogen) atoms. The van der Waals surface area contributed by atoms with Gasteiger partial charge in [-0.3, -0.25) is 5.01 Å². The van der Waals surface area contributed by atoms with Crippen LogP contribution in [0.4, 0.5) is 4.79 Å². The summed E-state index contributed by atoms with van der Waals surface area (Å²) in [6, 6.07) is 0.0219. The molecule has 0 aromatic carbocycles. The smallest absolute Gasteiger partial charge is 0.317 e. The molecule has 0 radical (unpaired) electrons. The van der Waals surface area contributed by atoms with Crippen LogP contribution in [0.25, 0.3) is 0 Å². The maximum Gasteiger partial charge on any atom is 0.333 e. The van der Waals surface area contributed by atoms with E-state index in [4.69, 9.17) is 0 Å². The fraction of sp³-hybridized carbons (Fsp3) is 0.929. The number of carbonyl (C=O) groups is 1. The number of hydrazine groups is 1. The predicted molar refractivity (Wildman–Crippen MR) is 75.0 cm³/mol. The van der Waals surface area contributed by atoms with Gasteiger partial charge in [-0.05, 0) is 32.1 Å². The Labute approximate surface area is 111 Å². The first-order valence-electron chi connectivity index (χ1n) is 7.34. The first-order chi connectivity index (χ1) is 8.47. The molecule has 0 saturated carbocycles. The maximum absolute atomic E-state index is 11.8. The van der Waals surface area contributed by atoms with Crippen molar-refractivity contribution >= 4 is 6.03 Å². The highest BCUT2D eigenvalue weighted by molar-refractivity contribution is 5.76. The van der Waals surface area contributed by atoms with Crippen LogP contribution in [0.1, 0.15) is 66.2 Å². The first kappa shape index (κ1) is 15.3. The Balaban J connectivity index is 2.33. The van der Waals surface area contributed by atoms with Gasteiger partial charge in [-0.25, -0.2) is 10.2 Å². The predicted octanol–water partition coefficient (Wildman–Crippen LogP) is 3.25. The summed E-state index contributed by atoms with van der Waals surface area (Å²) in [5.74, 6) is 0.621. The standard InChI is InChI=1S/C14H29N3O/c1-5-6-7-8-10-14(4)15-13(18)17(16-14)11-9-12(2)3/h12,16H,5-11H2,1-4H3,(H,15,18). The molecule has 1 fully saturated rings. The van der Waals surface area contributed by atoms with E-state index >= 15 is 0 Å². The molecule has 0 aromatic heterocycles. The zero-order chi connectivity index (χ0) is 13.6. The minimum Gasteiger partial charge on any atom is -0.317 e. The van der Waals surface area contributed by atoms with Crippen molar-refractivity contribution in [3.05, 3.63) is 0 Å². The Hall–Kier alpha value is -0.770. The lowest BCUT2D eigenvalue weighted by molar-refractivity contribution is 0.177. The molecule has 1 aliphatic heterocycles. The van der Waals surface area contributed by atoms with E-state index in [-0.39, 0.29) is 11.7 Å². The molecule has 1 saturated heterocycles. The van der Waals surface area contributed by atoms with Gasteiger partial charge in [0.15, 0.2) is 0 Å². The van der Waals surface area contributed by atoms with Gasteiger partial charge in [-0.2, -0.15) is 0 Å². The van der Waals surface area contributed by atoms with Crippen molar-refractivity contribution in [2.24, 2.45) is 5.92 Å². The normalized spacial score (nSPS) is 23.8. The van der Waals surface area contributed by atoms with Crippen molar-refractivity contribution in [2.75, 3.05) is 6.54 Å². The quantitative estimate of drug-likeness (QED) is 0.654. The fourth-order valence-corrected chi connectivity index (χ4v) is 2.25. The molecule has 0 aliphatic carbocycles. The molecule has 1 atom stereocenters. The number of amides is 2. The van der Waals surface area contributed by atoms with Crippen LogP contribution in [0.2, 0.25) is 0 Å². The summed E-state index contributed by atoms with van der Waals surface area (Å²) in [5, 5.41) is 4.79. The zero-order valence-electron chi connectivity index (χ0n) is 12.4. The summed E-state index contributed by atoms with van der Waals surface area (Å²) < 4.78 is 0. The summed E-state index contributed by atoms with van der Waals surface area (Å²) in [7, 11) is 0. The van der Waals surface area contributed by atoms with Crippen LogP contribution >= 0.6 is 0 Å². The van der Waals surface area contributed by atoms with E-state index in [0.29, 0.717) is 5.92 Å². The lowest BCUT2D eigenvalue weighted by Gasteiger charge is -2.25. The van der Waals surface area contributed by atoms with Gasteiger partial charge in [0.2, 0.25) is 0 Å². The third-order valence-electron chi connectivity index (χ3n) is 3.47. The van der Waals surface area contributed by atoms with E-state index in [1.807, 2.05) is 0 Å². The Bertz CT molecular complexity index is 268. The van der Waals surface area contributed by atoms with Crippen LogP contribution in [-0.2, 0) is 0 Å². The van der Waals surface area contributed by atoms with Crippen LogP contribution in [0.5, 0.6) is 0 Å². The fourth-order valence-electron chi connectivity index (χ4n) is 2.25. The SMILES string of the molecule is CCCCCCC1(C)NC(=O)N(CCC(C)C)N1. The summed E-state index contributed by atoms with van der Waals surface area (Å²) in [6.07, 6.45) is 6.96. The highest BCUT2D eigenvalue weighted by Crippen LogP contribution is 2.18. The molecule has 2 amide bonds. The number of nitrogens with one attached hydrogen (secondary N) is 2. The maximum atomic E-state index is 11.8. The molecule has 1 rings (SSSR count). The van der Waals surface area contributed by atoms with Crippen molar-refractivity contribution in [1.29, 1.82) is 0 Å². The van der Waals surface area contributed by atoms with Gasteiger partial charge in [-0.1, -0.05) is 40.0 Å². The summed E-state index contributed by atoms with van der Waals surface area (Å²) >= 11 is 0. The first-order valence-corrected chi connectivity index (χ1v) is 7.34. The monoisotopic (exact) mass is 255 g/mol. The highest BCUT2D eigenvalue weighted by atomic mass is 16.2. The van der Waals surface area contributed by atoms with Crippen molar-refractivity contribution in [3.63, 3.8) is 0 Å². The number of carbonyl (C=O) groups excluding carboxylic acids is 1. The highest BCUT2D eigenvalue weighted by Gasteiger charge is 2.37. The average molecular weight is 255 g/mol. The van der Waals surface area contributed by atoms with Crippen molar-refractivity contribution < 1.29 is 4.79 Å². The van der Waals surface area contributed by atoms with Crippen molar-refractivity contribution in [2.45, 2.75) is 71.9 Å². The number of nitrogens with zero attached hydrogens (tertiary/aromatic N) is 1. The lowest BCUT2D eigenvalue weighted by atomic mass is 10.0. The van der Waals surface area contributed by atoms with Crippen LogP contribution in [0, 0.1) is 5.92 Å². The minimum atomic E-state index is -0.248. The van der Waals surface area contributed by atoms with E-state index in [1.54, 1.807) is 5.01 Å². The van der Waals surface area contributed by atoms with Gasteiger partial charge in [-0.15, -0.1) is 0 Å². The lowest BCUT2D eigenvalue weighted by Crippen LogP contribution is -2.48. The molecule has 0 aromatic rings. The number of hydrogen-bond donors (Lipinski definition) is 2. The van der Waals surface area contributed by atoms with E-state index in [9.17, 15) is 4.79 Å². The Morgan fingerprint density at radius 3 is 2.61 bits per heavy atom. The summed E-state index contributed by atoms with van der Waals surface area (Å²) in [4.78, 5) is 11.8. The van der Waals surface area contributed by atoms with Gasteiger partial charge in [0.25, 0.3) is 0 Å². The van der Waals surface area contributed by atoms with E-state index < -0.39 is 0 Å². The van der Waals surface area contributed by atoms with Crippen molar-refractivity contribution in [3.8, 4) is 0 Å². The molecule has 1 heterocycles. The molecule has 0 spiro atoms. The van der Waals surface area contributed by atoms with E-state index in [2.05, 4.69) is 38.4 Å². The molecule has 4 nitrogen and oxygen atoms in total.